The summed E-state index contributed by atoms with van der Waals surface area (Å²) in [6.07, 6.45) is 1.73. The molecule has 0 saturated carbocycles. The molecule has 0 fully saturated rings. The first-order valence-corrected chi connectivity index (χ1v) is 12.6. The minimum Gasteiger partial charge on any atom is -0.493 e. The predicted octanol–water partition coefficient (Wildman–Crippen LogP) is 4.31. The van der Waals surface area contributed by atoms with Crippen molar-refractivity contribution in [1.82, 2.24) is 5.32 Å². The van der Waals surface area contributed by atoms with Crippen molar-refractivity contribution in [2.75, 3.05) is 24.2 Å². The molecule has 1 amide bonds. The Morgan fingerprint density at radius 3 is 2.53 bits per heavy atom. The molecule has 0 spiro atoms. The Labute approximate surface area is 195 Å². The lowest BCUT2D eigenvalue weighted by Gasteiger charge is -2.24. The Hall–Kier alpha value is -2.45. The monoisotopic (exact) mass is 482 g/mol. The number of methoxy groups -OCH3 is 1. The average Bonchev–Trinajstić information content (AvgIpc) is 2.71. The van der Waals surface area contributed by atoms with Crippen molar-refractivity contribution in [2.24, 2.45) is 0 Å². The number of halogens is 1. The Bertz CT molecular complexity index is 1040. The van der Waals surface area contributed by atoms with E-state index in [4.69, 9.17) is 21.1 Å². The molecule has 0 aliphatic heterocycles. The summed E-state index contributed by atoms with van der Waals surface area (Å²) in [5.74, 6) is 1.09. The van der Waals surface area contributed by atoms with Gasteiger partial charge in [0.05, 0.1) is 25.2 Å². The van der Waals surface area contributed by atoms with E-state index in [-0.39, 0.29) is 25.0 Å². The highest BCUT2D eigenvalue weighted by atomic mass is 35.5. The van der Waals surface area contributed by atoms with Crippen molar-refractivity contribution in [3.8, 4) is 11.5 Å². The van der Waals surface area contributed by atoms with Gasteiger partial charge in [-0.25, -0.2) is 8.42 Å². The van der Waals surface area contributed by atoms with Crippen LogP contribution in [0, 0.1) is 6.92 Å². The molecular formula is C23H31ClN2O5S. The minimum absolute atomic E-state index is 0.0247. The second-order valence-electron chi connectivity index (χ2n) is 7.75. The maximum atomic E-state index is 12.3. The van der Waals surface area contributed by atoms with Crippen LogP contribution in [0.2, 0.25) is 5.02 Å². The van der Waals surface area contributed by atoms with Crippen LogP contribution in [0.25, 0.3) is 0 Å². The van der Waals surface area contributed by atoms with Gasteiger partial charge in [0.15, 0.2) is 11.5 Å². The molecule has 0 aliphatic carbocycles. The number of hydrogen-bond acceptors (Lipinski definition) is 5. The average molecular weight is 483 g/mol. The highest BCUT2D eigenvalue weighted by molar-refractivity contribution is 7.92. The zero-order valence-corrected chi connectivity index (χ0v) is 20.7. The smallest absolute Gasteiger partial charge is 0.232 e. The van der Waals surface area contributed by atoms with Crippen LogP contribution < -0.4 is 19.1 Å². The number of sulfonamides is 1. The molecule has 0 aliphatic rings. The van der Waals surface area contributed by atoms with E-state index in [0.29, 0.717) is 40.7 Å². The third kappa shape index (κ3) is 7.31. The Morgan fingerprint density at radius 1 is 1.19 bits per heavy atom. The zero-order valence-electron chi connectivity index (χ0n) is 19.1. The van der Waals surface area contributed by atoms with Gasteiger partial charge in [0.2, 0.25) is 15.9 Å². The van der Waals surface area contributed by atoms with E-state index >= 15 is 0 Å². The number of nitrogens with one attached hydrogen (secondary N) is 1. The van der Waals surface area contributed by atoms with Crippen LogP contribution in [0.1, 0.15) is 37.8 Å². The molecule has 2 aromatic rings. The van der Waals surface area contributed by atoms with Gasteiger partial charge in [-0.15, -0.1) is 0 Å². The molecule has 7 nitrogen and oxygen atoms in total. The summed E-state index contributed by atoms with van der Waals surface area (Å²) in [7, 11) is -1.94. The molecule has 2 rings (SSSR count). The third-order valence-electron chi connectivity index (χ3n) is 4.75. The van der Waals surface area contributed by atoms with Crippen LogP contribution in [-0.2, 0) is 21.4 Å². The first-order valence-electron chi connectivity index (χ1n) is 10.4. The molecule has 0 aromatic heterocycles. The van der Waals surface area contributed by atoms with Gasteiger partial charge in [-0.2, -0.15) is 0 Å². The van der Waals surface area contributed by atoms with E-state index in [2.05, 4.69) is 5.32 Å². The molecule has 0 heterocycles. The first kappa shape index (κ1) is 25.8. The summed E-state index contributed by atoms with van der Waals surface area (Å²) in [4.78, 5) is 12.3. The summed E-state index contributed by atoms with van der Waals surface area (Å²) in [6, 6.07) is 10.6. The minimum atomic E-state index is -3.51. The molecule has 0 atom stereocenters. The lowest BCUT2D eigenvalue weighted by molar-refractivity contribution is -0.121. The summed E-state index contributed by atoms with van der Waals surface area (Å²) in [5.41, 5.74) is 2.08. The lowest BCUT2D eigenvalue weighted by Crippen LogP contribution is -2.32. The summed E-state index contributed by atoms with van der Waals surface area (Å²) in [6.45, 7) is 6.16. The number of ether oxygens (including phenoxy) is 2. The number of anilines is 1. The van der Waals surface area contributed by atoms with Crippen LogP contribution in [0.3, 0.4) is 0 Å². The van der Waals surface area contributed by atoms with Gasteiger partial charge in [0.25, 0.3) is 0 Å². The van der Waals surface area contributed by atoms with Gasteiger partial charge in [-0.1, -0.05) is 23.7 Å². The largest absolute Gasteiger partial charge is 0.493 e. The van der Waals surface area contributed by atoms with Gasteiger partial charge in [-0.3, -0.25) is 9.10 Å². The summed E-state index contributed by atoms with van der Waals surface area (Å²) in [5, 5.41) is 3.35. The van der Waals surface area contributed by atoms with Crippen molar-refractivity contribution in [2.45, 2.75) is 46.3 Å². The first-order chi connectivity index (χ1) is 15.0. The molecule has 2 aromatic carbocycles. The number of carbonyl (C=O) groups excluding carboxylic acids is 1. The van der Waals surface area contributed by atoms with Crippen molar-refractivity contribution in [1.29, 1.82) is 0 Å². The highest BCUT2D eigenvalue weighted by Crippen LogP contribution is 2.29. The maximum absolute atomic E-state index is 12.3. The molecule has 0 unspecified atom stereocenters. The normalized spacial score (nSPS) is 11.3. The fraction of sp³-hybridized carbons (Fsp3) is 0.435. The number of amides is 1. The van der Waals surface area contributed by atoms with E-state index in [1.807, 2.05) is 32.0 Å². The highest BCUT2D eigenvalue weighted by Gasteiger charge is 2.20. The number of benzene rings is 2. The zero-order chi connectivity index (χ0) is 23.9. The Kier molecular flexibility index (Phi) is 9.21. The van der Waals surface area contributed by atoms with Crippen LogP contribution in [-0.4, -0.2) is 40.3 Å². The second-order valence-corrected chi connectivity index (χ2v) is 10.1. The van der Waals surface area contributed by atoms with Crippen molar-refractivity contribution >= 4 is 33.2 Å². The Morgan fingerprint density at radius 2 is 1.91 bits per heavy atom. The van der Waals surface area contributed by atoms with Crippen LogP contribution >= 0.6 is 11.6 Å². The second kappa shape index (κ2) is 11.4. The van der Waals surface area contributed by atoms with Crippen molar-refractivity contribution < 1.29 is 22.7 Å². The van der Waals surface area contributed by atoms with Crippen molar-refractivity contribution in [3.63, 3.8) is 0 Å². The van der Waals surface area contributed by atoms with Crippen LogP contribution in [0.5, 0.6) is 11.5 Å². The van der Waals surface area contributed by atoms with Gasteiger partial charge < -0.3 is 14.8 Å². The summed E-state index contributed by atoms with van der Waals surface area (Å²) >= 11 is 6.15. The molecular weight excluding hydrogens is 452 g/mol. The maximum Gasteiger partial charge on any atom is 0.232 e. The predicted molar refractivity (Wildman–Crippen MR) is 128 cm³/mol. The molecule has 1 N–H and O–H groups in total. The fourth-order valence-corrected chi connectivity index (χ4v) is 4.36. The SMILES string of the molecule is COc1cc(CNC(=O)CCCN(c2cccc(Cl)c2C)S(C)(=O)=O)ccc1OC(C)C. The molecule has 0 saturated heterocycles. The van der Waals surface area contributed by atoms with Gasteiger partial charge >= 0.3 is 0 Å². The fourth-order valence-electron chi connectivity index (χ4n) is 3.18. The number of carbonyl (C=O) groups is 1. The standard InChI is InChI=1S/C23H31ClN2O5S/c1-16(2)31-21-12-11-18(14-22(21)30-4)15-25-23(27)10-7-13-26(32(5,28)29)20-9-6-8-19(24)17(20)3/h6,8-9,11-12,14,16H,7,10,13,15H2,1-5H3,(H,25,27). The van der Waals surface area contributed by atoms with Gasteiger partial charge in [0.1, 0.15) is 0 Å². The topological polar surface area (TPSA) is 84.9 Å². The molecule has 9 heteroatoms. The number of nitrogens with zero attached hydrogens (tertiary/aromatic N) is 1. The van der Waals surface area contributed by atoms with E-state index in [9.17, 15) is 13.2 Å². The molecule has 0 bridgehead atoms. The van der Waals surface area contributed by atoms with E-state index in [1.54, 1.807) is 32.2 Å². The number of rotatable bonds is 11. The molecule has 176 valence electrons. The van der Waals surface area contributed by atoms with E-state index in [1.165, 1.54) is 4.31 Å². The number of hydrogen-bond donors (Lipinski definition) is 1. The van der Waals surface area contributed by atoms with Gasteiger partial charge in [-0.05, 0) is 62.6 Å². The van der Waals surface area contributed by atoms with Crippen LogP contribution in [0.4, 0.5) is 5.69 Å². The molecule has 0 radical (unpaired) electrons. The molecule has 32 heavy (non-hydrogen) atoms. The third-order valence-corrected chi connectivity index (χ3v) is 6.34. The van der Waals surface area contributed by atoms with Gasteiger partial charge in [0, 0.05) is 24.5 Å². The Balaban J connectivity index is 1.94. The summed E-state index contributed by atoms with van der Waals surface area (Å²) < 4.78 is 36.9. The quantitative estimate of drug-likeness (QED) is 0.516. The van der Waals surface area contributed by atoms with E-state index < -0.39 is 10.0 Å². The van der Waals surface area contributed by atoms with E-state index in [0.717, 1.165) is 11.8 Å². The lowest BCUT2D eigenvalue weighted by atomic mass is 10.2. The van der Waals surface area contributed by atoms with Crippen molar-refractivity contribution in [3.05, 3.63) is 52.5 Å². The van der Waals surface area contributed by atoms with Crippen LogP contribution in [0.15, 0.2) is 36.4 Å².